The van der Waals surface area contributed by atoms with Gasteiger partial charge in [-0.3, -0.25) is 4.79 Å². The summed E-state index contributed by atoms with van der Waals surface area (Å²) in [6.45, 7) is 0.455. The number of likely N-dealkylation sites (tertiary alicyclic amines) is 1. The van der Waals surface area contributed by atoms with E-state index in [0.717, 1.165) is 18.9 Å². The van der Waals surface area contributed by atoms with Crippen LogP contribution >= 0.6 is 12.2 Å². The van der Waals surface area contributed by atoms with E-state index in [2.05, 4.69) is 0 Å². The molecule has 1 amide bonds. The Labute approximate surface area is 115 Å². The minimum Gasteiger partial charge on any atom is -0.392 e. The van der Waals surface area contributed by atoms with Crippen LogP contribution in [0.15, 0.2) is 18.2 Å². The van der Waals surface area contributed by atoms with Crippen LogP contribution in [0.25, 0.3) is 0 Å². The Morgan fingerprint density at radius 1 is 1.37 bits per heavy atom. The first-order valence-corrected chi connectivity index (χ1v) is 6.47. The molecule has 0 aromatic heterocycles. The van der Waals surface area contributed by atoms with Crippen molar-refractivity contribution in [3.63, 3.8) is 0 Å². The van der Waals surface area contributed by atoms with Crippen molar-refractivity contribution in [3.05, 3.63) is 35.4 Å². The van der Waals surface area contributed by atoms with Gasteiger partial charge in [0.1, 0.15) is 0 Å². The van der Waals surface area contributed by atoms with E-state index in [9.17, 15) is 13.6 Å². The molecule has 0 radical (unpaired) electrons. The average Bonchev–Trinajstić information content (AvgIpc) is 2.41. The first-order valence-electron chi connectivity index (χ1n) is 6.06. The molecule has 1 unspecified atom stereocenters. The predicted octanol–water partition coefficient (Wildman–Crippen LogP) is 2.25. The minimum atomic E-state index is -1.13. The number of piperidine rings is 1. The maximum absolute atomic E-state index is 13.6. The monoisotopic (exact) mass is 284 g/mol. The molecular weight excluding hydrogens is 270 g/mol. The molecular formula is C13H14F2N2OS. The van der Waals surface area contributed by atoms with Crippen molar-refractivity contribution in [2.45, 2.75) is 25.3 Å². The molecule has 3 nitrogen and oxygen atoms in total. The third kappa shape index (κ3) is 2.73. The van der Waals surface area contributed by atoms with Gasteiger partial charge in [-0.1, -0.05) is 18.3 Å². The molecule has 0 spiro atoms. The van der Waals surface area contributed by atoms with Gasteiger partial charge in [0.15, 0.2) is 11.6 Å². The van der Waals surface area contributed by atoms with E-state index in [4.69, 9.17) is 18.0 Å². The summed E-state index contributed by atoms with van der Waals surface area (Å²) in [6.07, 6.45) is 2.39. The molecule has 0 aliphatic carbocycles. The summed E-state index contributed by atoms with van der Waals surface area (Å²) in [6, 6.07) is 3.18. The van der Waals surface area contributed by atoms with Crippen molar-refractivity contribution in [1.29, 1.82) is 0 Å². The van der Waals surface area contributed by atoms with Gasteiger partial charge in [0, 0.05) is 6.54 Å². The standard InChI is InChI=1S/C13H14F2N2OS/c14-9-5-3-4-8(11(9)15)13(18)17-7-2-1-6-10(17)12(16)19/h3-5,10H,1-2,6-7H2,(H2,16,19). The second-order valence-electron chi connectivity index (χ2n) is 4.51. The Morgan fingerprint density at radius 3 is 2.79 bits per heavy atom. The molecule has 102 valence electrons. The van der Waals surface area contributed by atoms with E-state index in [1.54, 1.807) is 0 Å². The lowest BCUT2D eigenvalue weighted by Gasteiger charge is -2.35. The number of carbonyl (C=O) groups excluding carboxylic acids is 1. The van der Waals surface area contributed by atoms with E-state index in [0.29, 0.717) is 13.0 Å². The van der Waals surface area contributed by atoms with Crippen LogP contribution < -0.4 is 5.73 Å². The molecule has 0 bridgehead atoms. The van der Waals surface area contributed by atoms with E-state index >= 15 is 0 Å². The summed E-state index contributed by atoms with van der Waals surface area (Å²) in [4.78, 5) is 13.9. The zero-order valence-electron chi connectivity index (χ0n) is 10.2. The Bertz CT molecular complexity index is 521. The summed E-state index contributed by atoms with van der Waals surface area (Å²) in [7, 11) is 0. The maximum Gasteiger partial charge on any atom is 0.257 e. The van der Waals surface area contributed by atoms with Gasteiger partial charge in [-0.05, 0) is 31.4 Å². The van der Waals surface area contributed by atoms with Crippen molar-refractivity contribution < 1.29 is 13.6 Å². The lowest BCUT2D eigenvalue weighted by molar-refractivity contribution is 0.0675. The van der Waals surface area contributed by atoms with Gasteiger partial charge in [-0.15, -0.1) is 0 Å². The lowest BCUT2D eigenvalue weighted by Crippen LogP contribution is -2.50. The number of amides is 1. The van der Waals surface area contributed by atoms with Crippen molar-refractivity contribution in [1.82, 2.24) is 4.90 Å². The Hall–Kier alpha value is -1.56. The molecule has 19 heavy (non-hydrogen) atoms. The largest absolute Gasteiger partial charge is 0.392 e. The first kappa shape index (κ1) is 13.9. The molecule has 1 aliphatic heterocycles. The van der Waals surface area contributed by atoms with Gasteiger partial charge in [0.2, 0.25) is 0 Å². The zero-order valence-corrected chi connectivity index (χ0v) is 11.1. The fourth-order valence-electron chi connectivity index (χ4n) is 2.29. The topological polar surface area (TPSA) is 46.3 Å². The smallest absolute Gasteiger partial charge is 0.257 e. The molecule has 2 rings (SSSR count). The van der Waals surface area contributed by atoms with E-state index in [1.807, 2.05) is 0 Å². The quantitative estimate of drug-likeness (QED) is 0.847. The number of hydrogen-bond acceptors (Lipinski definition) is 2. The highest BCUT2D eigenvalue weighted by atomic mass is 32.1. The van der Waals surface area contributed by atoms with Crippen molar-refractivity contribution in [2.75, 3.05) is 6.54 Å². The maximum atomic E-state index is 13.6. The molecule has 1 saturated heterocycles. The van der Waals surface area contributed by atoms with Crippen LogP contribution in [-0.4, -0.2) is 28.4 Å². The second-order valence-corrected chi connectivity index (χ2v) is 4.99. The van der Waals surface area contributed by atoms with Gasteiger partial charge in [0.05, 0.1) is 16.6 Å². The number of nitrogens with two attached hydrogens (primary N) is 1. The summed E-state index contributed by atoms with van der Waals surface area (Å²) in [5.74, 6) is -2.72. The minimum absolute atomic E-state index is 0.213. The van der Waals surface area contributed by atoms with Crippen molar-refractivity contribution in [2.24, 2.45) is 5.73 Å². The fourth-order valence-corrected chi connectivity index (χ4v) is 2.54. The number of thiocarbonyl (C=S) groups is 1. The highest BCUT2D eigenvalue weighted by Gasteiger charge is 2.31. The van der Waals surface area contributed by atoms with Crippen LogP contribution in [0, 0.1) is 11.6 Å². The Balaban J connectivity index is 2.31. The third-order valence-electron chi connectivity index (χ3n) is 3.27. The van der Waals surface area contributed by atoms with Crippen LogP contribution in [0.1, 0.15) is 29.6 Å². The summed E-state index contributed by atoms with van der Waals surface area (Å²) in [5, 5.41) is 0. The molecule has 1 heterocycles. The average molecular weight is 284 g/mol. The molecule has 1 aliphatic rings. The number of benzene rings is 1. The van der Waals surface area contributed by atoms with Crippen molar-refractivity contribution in [3.8, 4) is 0 Å². The third-order valence-corrected chi connectivity index (χ3v) is 3.55. The first-order chi connectivity index (χ1) is 9.02. The van der Waals surface area contributed by atoms with Crippen LogP contribution in [0.2, 0.25) is 0 Å². The van der Waals surface area contributed by atoms with Crippen LogP contribution in [0.4, 0.5) is 8.78 Å². The van der Waals surface area contributed by atoms with E-state index < -0.39 is 17.5 Å². The van der Waals surface area contributed by atoms with E-state index in [1.165, 1.54) is 17.0 Å². The number of carbonyl (C=O) groups is 1. The molecule has 1 atom stereocenters. The van der Waals surface area contributed by atoms with Crippen LogP contribution in [-0.2, 0) is 0 Å². The highest BCUT2D eigenvalue weighted by molar-refractivity contribution is 7.80. The number of rotatable bonds is 2. The summed E-state index contributed by atoms with van der Waals surface area (Å²) >= 11 is 4.94. The number of nitrogens with zero attached hydrogens (tertiary/aromatic N) is 1. The predicted molar refractivity (Wildman–Crippen MR) is 71.8 cm³/mol. The Kier molecular flexibility index (Phi) is 4.09. The van der Waals surface area contributed by atoms with Gasteiger partial charge in [-0.25, -0.2) is 8.78 Å². The highest BCUT2D eigenvalue weighted by Crippen LogP contribution is 2.22. The van der Waals surface area contributed by atoms with Crippen LogP contribution in [0.5, 0.6) is 0 Å². The Morgan fingerprint density at radius 2 is 2.11 bits per heavy atom. The summed E-state index contributed by atoms with van der Waals surface area (Å²) < 4.78 is 26.8. The molecule has 0 saturated carbocycles. The SMILES string of the molecule is NC(=S)C1CCCCN1C(=O)c1cccc(F)c1F. The van der Waals surface area contributed by atoms with Gasteiger partial charge >= 0.3 is 0 Å². The molecule has 2 N–H and O–H groups in total. The molecule has 6 heteroatoms. The second kappa shape index (κ2) is 5.61. The van der Waals surface area contributed by atoms with E-state index in [-0.39, 0.29) is 16.6 Å². The van der Waals surface area contributed by atoms with Gasteiger partial charge in [0.25, 0.3) is 5.91 Å². The fraction of sp³-hybridized carbons (Fsp3) is 0.385. The lowest BCUT2D eigenvalue weighted by atomic mass is 10.0. The number of halogens is 2. The molecule has 1 fully saturated rings. The molecule has 1 aromatic carbocycles. The normalized spacial score (nSPS) is 19.3. The molecule has 1 aromatic rings. The van der Waals surface area contributed by atoms with Crippen LogP contribution in [0.3, 0.4) is 0 Å². The summed E-state index contributed by atoms with van der Waals surface area (Å²) in [5.41, 5.74) is 5.34. The number of hydrogen-bond donors (Lipinski definition) is 1. The zero-order chi connectivity index (χ0) is 14.0. The van der Waals surface area contributed by atoms with Crippen molar-refractivity contribution >= 4 is 23.1 Å². The van der Waals surface area contributed by atoms with Gasteiger partial charge < -0.3 is 10.6 Å². The van der Waals surface area contributed by atoms with Gasteiger partial charge in [-0.2, -0.15) is 0 Å².